The van der Waals surface area contributed by atoms with Gasteiger partial charge in [0, 0.05) is 25.2 Å². The first-order valence-electron chi connectivity index (χ1n) is 8.09. The number of amides is 1. The third-order valence-corrected chi connectivity index (χ3v) is 4.36. The molecule has 1 N–H and O–H groups in total. The minimum Gasteiger partial charge on any atom is -0.496 e. The van der Waals surface area contributed by atoms with Crippen molar-refractivity contribution >= 4 is 5.91 Å². The fourth-order valence-electron chi connectivity index (χ4n) is 2.97. The van der Waals surface area contributed by atoms with E-state index in [9.17, 15) is 4.79 Å². The van der Waals surface area contributed by atoms with Crippen LogP contribution in [0, 0.1) is 20.8 Å². The van der Waals surface area contributed by atoms with Crippen molar-refractivity contribution < 1.29 is 13.9 Å². The molecule has 1 amide bonds. The molecule has 0 unspecified atom stereocenters. The average Bonchev–Trinajstić information content (AvgIpc) is 2.90. The Bertz CT molecular complexity index is 767. The van der Waals surface area contributed by atoms with Crippen LogP contribution in [0.1, 0.15) is 22.6 Å². The summed E-state index contributed by atoms with van der Waals surface area (Å²) in [6.45, 7) is 8.48. The second-order valence-electron chi connectivity index (χ2n) is 6.22. The Hall–Kier alpha value is -2.34. The van der Waals surface area contributed by atoms with E-state index in [0.717, 1.165) is 40.4 Å². The molecule has 6 heteroatoms. The largest absolute Gasteiger partial charge is 0.496 e. The summed E-state index contributed by atoms with van der Waals surface area (Å²) in [5.41, 5.74) is 3.96. The molecule has 1 aromatic carbocycles. The van der Waals surface area contributed by atoms with E-state index in [4.69, 9.17) is 9.15 Å². The van der Waals surface area contributed by atoms with Gasteiger partial charge in [0.15, 0.2) is 0 Å². The number of nitrogens with one attached hydrogen (secondary N) is 1. The molecule has 0 saturated carbocycles. The summed E-state index contributed by atoms with van der Waals surface area (Å²) in [5.74, 6) is 2.33. The Morgan fingerprint density at radius 2 is 2.08 bits per heavy atom. The number of aryl methyl sites for hydroxylation is 3. The Kier molecular flexibility index (Phi) is 4.57. The molecule has 0 radical (unpaired) electrons. The summed E-state index contributed by atoms with van der Waals surface area (Å²) in [6, 6.07) is 4.04. The Labute approximate surface area is 141 Å². The molecule has 1 saturated heterocycles. The van der Waals surface area contributed by atoms with E-state index in [-0.39, 0.29) is 5.91 Å². The number of hydrogen-bond donors (Lipinski definition) is 1. The fourth-order valence-corrected chi connectivity index (χ4v) is 2.97. The molecule has 0 spiro atoms. The third-order valence-electron chi connectivity index (χ3n) is 4.36. The topological polar surface area (TPSA) is 67.6 Å². The number of rotatable bonds is 4. The Morgan fingerprint density at radius 3 is 2.79 bits per heavy atom. The molecule has 0 bridgehead atoms. The van der Waals surface area contributed by atoms with Crippen LogP contribution >= 0.6 is 0 Å². The van der Waals surface area contributed by atoms with Crippen LogP contribution in [0.4, 0.5) is 0 Å². The van der Waals surface area contributed by atoms with Crippen molar-refractivity contribution in [1.29, 1.82) is 0 Å². The molecule has 0 aliphatic carbocycles. The SMILES string of the molecule is COc1cc(C)c(-c2nc(CN3CCNC(=O)C3)c(C)o2)cc1C. The monoisotopic (exact) mass is 329 g/mol. The van der Waals surface area contributed by atoms with Crippen molar-refractivity contribution in [3.05, 3.63) is 34.7 Å². The minimum atomic E-state index is 0.0595. The lowest BCUT2D eigenvalue weighted by Crippen LogP contribution is -2.47. The number of oxazole rings is 1. The number of nitrogens with zero attached hydrogens (tertiary/aromatic N) is 2. The van der Waals surface area contributed by atoms with Gasteiger partial charge in [-0.2, -0.15) is 0 Å². The van der Waals surface area contributed by atoms with E-state index in [1.807, 2.05) is 32.9 Å². The molecule has 1 aliphatic rings. The number of benzene rings is 1. The zero-order chi connectivity index (χ0) is 17.3. The summed E-state index contributed by atoms with van der Waals surface area (Å²) < 4.78 is 11.3. The normalized spacial score (nSPS) is 15.4. The smallest absolute Gasteiger partial charge is 0.234 e. The van der Waals surface area contributed by atoms with Gasteiger partial charge in [-0.3, -0.25) is 9.69 Å². The van der Waals surface area contributed by atoms with Gasteiger partial charge >= 0.3 is 0 Å². The van der Waals surface area contributed by atoms with Crippen molar-refractivity contribution in [2.75, 3.05) is 26.7 Å². The molecule has 0 atom stereocenters. The standard InChI is InChI=1S/C18H23N3O3/c1-11-8-16(23-4)12(2)7-14(11)18-20-15(13(3)24-18)9-21-6-5-19-17(22)10-21/h7-8H,5-6,9-10H2,1-4H3,(H,19,22). The van der Waals surface area contributed by atoms with Gasteiger partial charge < -0.3 is 14.5 Å². The summed E-state index contributed by atoms with van der Waals surface area (Å²) >= 11 is 0. The lowest BCUT2D eigenvalue weighted by molar-refractivity contribution is -0.124. The molecule has 24 heavy (non-hydrogen) atoms. The lowest BCUT2D eigenvalue weighted by Gasteiger charge is -2.25. The fraction of sp³-hybridized carbons (Fsp3) is 0.444. The second kappa shape index (κ2) is 6.65. The predicted molar refractivity (Wildman–Crippen MR) is 91.0 cm³/mol. The van der Waals surface area contributed by atoms with E-state index in [1.165, 1.54) is 0 Å². The maximum atomic E-state index is 11.5. The molecule has 1 fully saturated rings. The highest BCUT2D eigenvalue weighted by Gasteiger charge is 2.20. The van der Waals surface area contributed by atoms with Gasteiger partial charge in [0.05, 0.1) is 19.3 Å². The number of carbonyl (C=O) groups excluding carboxylic acids is 1. The van der Waals surface area contributed by atoms with Crippen molar-refractivity contribution in [3.63, 3.8) is 0 Å². The van der Waals surface area contributed by atoms with Crippen LogP contribution in [0.25, 0.3) is 11.5 Å². The number of methoxy groups -OCH3 is 1. The number of hydrogen-bond acceptors (Lipinski definition) is 5. The molecule has 128 valence electrons. The Balaban J connectivity index is 1.86. The highest BCUT2D eigenvalue weighted by Crippen LogP contribution is 2.31. The summed E-state index contributed by atoms with van der Waals surface area (Å²) in [5, 5.41) is 2.83. The number of piperazine rings is 1. The zero-order valence-corrected chi connectivity index (χ0v) is 14.6. The number of ether oxygens (including phenoxy) is 1. The van der Waals surface area contributed by atoms with Gasteiger partial charge in [-0.1, -0.05) is 0 Å². The number of carbonyl (C=O) groups is 1. The van der Waals surface area contributed by atoms with Crippen LogP contribution in [0.3, 0.4) is 0 Å². The highest BCUT2D eigenvalue weighted by molar-refractivity contribution is 5.78. The van der Waals surface area contributed by atoms with Crippen molar-refractivity contribution in [2.24, 2.45) is 0 Å². The van der Waals surface area contributed by atoms with Gasteiger partial charge in [-0.15, -0.1) is 0 Å². The first-order valence-corrected chi connectivity index (χ1v) is 8.09. The molecule has 1 aliphatic heterocycles. The van der Waals surface area contributed by atoms with Crippen LogP contribution in [0.5, 0.6) is 5.75 Å². The van der Waals surface area contributed by atoms with Crippen LogP contribution < -0.4 is 10.1 Å². The quantitative estimate of drug-likeness (QED) is 0.931. The summed E-state index contributed by atoms with van der Waals surface area (Å²) in [6.07, 6.45) is 0. The van der Waals surface area contributed by atoms with Crippen molar-refractivity contribution in [1.82, 2.24) is 15.2 Å². The van der Waals surface area contributed by atoms with Crippen molar-refractivity contribution in [3.8, 4) is 17.2 Å². The first-order chi connectivity index (χ1) is 11.5. The van der Waals surface area contributed by atoms with Gasteiger partial charge in [-0.25, -0.2) is 4.98 Å². The molecule has 6 nitrogen and oxygen atoms in total. The van der Waals surface area contributed by atoms with Gasteiger partial charge in [-0.05, 0) is 44.0 Å². The van der Waals surface area contributed by atoms with Crippen LogP contribution in [-0.4, -0.2) is 42.5 Å². The van der Waals surface area contributed by atoms with E-state index < -0.39 is 0 Å². The van der Waals surface area contributed by atoms with E-state index >= 15 is 0 Å². The molecule has 3 rings (SSSR count). The van der Waals surface area contributed by atoms with Gasteiger partial charge in [0.25, 0.3) is 0 Å². The molecule has 2 aromatic rings. The maximum Gasteiger partial charge on any atom is 0.234 e. The zero-order valence-electron chi connectivity index (χ0n) is 14.6. The second-order valence-corrected chi connectivity index (χ2v) is 6.22. The minimum absolute atomic E-state index is 0.0595. The average molecular weight is 329 g/mol. The van der Waals surface area contributed by atoms with E-state index in [2.05, 4.69) is 15.2 Å². The molecular formula is C18H23N3O3. The van der Waals surface area contributed by atoms with Crippen molar-refractivity contribution in [2.45, 2.75) is 27.3 Å². The molecule has 1 aromatic heterocycles. The van der Waals surface area contributed by atoms with E-state index in [0.29, 0.717) is 25.5 Å². The molecular weight excluding hydrogens is 306 g/mol. The highest BCUT2D eigenvalue weighted by atomic mass is 16.5. The third kappa shape index (κ3) is 3.28. The number of aromatic nitrogens is 1. The first kappa shape index (κ1) is 16.5. The van der Waals surface area contributed by atoms with Crippen LogP contribution in [0.15, 0.2) is 16.5 Å². The predicted octanol–water partition coefficient (Wildman–Crippen LogP) is 2.21. The van der Waals surface area contributed by atoms with E-state index in [1.54, 1.807) is 7.11 Å². The van der Waals surface area contributed by atoms with Gasteiger partial charge in [0.2, 0.25) is 11.8 Å². The van der Waals surface area contributed by atoms with Crippen LogP contribution in [0.2, 0.25) is 0 Å². The summed E-state index contributed by atoms with van der Waals surface area (Å²) in [4.78, 5) is 18.3. The maximum absolute atomic E-state index is 11.5. The lowest BCUT2D eigenvalue weighted by atomic mass is 10.0. The Morgan fingerprint density at radius 1 is 1.29 bits per heavy atom. The van der Waals surface area contributed by atoms with Crippen LogP contribution in [-0.2, 0) is 11.3 Å². The summed E-state index contributed by atoms with van der Waals surface area (Å²) in [7, 11) is 1.67. The van der Waals surface area contributed by atoms with Gasteiger partial charge in [0.1, 0.15) is 11.5 Å². The molecule has 2 heterocycles.